The number of rotatable bonds is 2. The summed E-state index contributed by atoms with van der Waals surface area (Å²) in [5.41, 5.74) is 0.220. The molecule has 0 aliphatic heterocycles. The zero-order valence-corrected chi connectivity index (χ0v) is 10.5. The molecule has 1 aromatic rings. The molecule has 0 radical (unpaired) electrons. The zero-order chi connectivity index (χ0) is 13.2. The molecule has 0 saturated carbocycles. The van der Waals surface area contributed by atoms with Gasteiger partial charge in [0, 0.05) is 6.26 Å². The number of aryl methyl sites for hydroxylation is 1. The Balaban J connectivity index is 3.73. The van der Waals surface area contributed by atoms with Gasteiger partial charge in [0.15, 0.2) is 9.84 Å². The van der Waals surface area contributed by atoms with Gasteiger partial charge in [-0.15, -0.1) is 0 Å². The molecule has 0 spiro atoms. The molecule has 0 bridgehead atoms. The van der Waals surface area contributed by atoms with E-state index in [4.69, 9.17) is 5.26 Å². The first kappa shape index (κ1) is 13.2. The lowest BCUT2D eigenvalue weighted by atomic mass is 10.1. The van der Waals surface area contributed by atoms with E-state index in [0.29, 0.717) is 5.56 Å². The smallest absolute Gasteiger partial charge is 0.339 e. The number of nitriles is 1. The third-order valence-corrected chi connectivity index (χ3v) is 3.51. The second-order valence-electron chi connectivity index (χ2n) is 3.51. The first-order valence-corrected chi connectivity index (χ1v) is 6.54. The van der Waals surface area contributed by atoms with Crippen LogP contribution in [0.1, 0.15) is 21.5 Å². The van der Waals surface area contributed by atoms with Gasteiger partial charge in [0.2, 0.25) is 0 Å². The van der Waals surface area contributed by atoms with E-state index in [9.17, 15) is 13.2 Å². The number of benzene rings is 1. The van der Waals surface area contributed by atoms with Gasteiger partial charge in [0.05, 0.1) is 23.1 Å². The normalized spacial score (nSPS) is 10.7. The Kier molecular flexibility index (Phi) is 3.53. The molecule has 0 fully saturated rings. The van der Waals surface area contributed by atoms with Crippen LogP contribution in [0, 0.1) is 18.3 Å². The van der Waals surface area contributed by atoms with E-state index in [1.807, 2.05) is 0 Å². The van der Waals surface area contributed by atoms with Gasteiger partial charge in [-0.2, -0.15) is 5.26 Å². The van der Waals surface area contributed by atoms with Gasteiger partial charge < -0.3 is 4.74 Å². The molecule has 0 amide bonds. The van der Waals surface area contributed by atoms with Gasteiger partial charge in [-0.3, -0.25) is 0 Å². The Bertz CT molecular complexity index is 611. The summed E-state index contributed by atoms with van der Waals surface area (Å²) in [4.78, 5) is 11.3. The molecule has 0 saturated heterocycles. The van der Waals surface area contributed by atoms with Crippen molar-refractivity contribution in [2.75, 3.05) is 13.4 Å². The molecular weight excluding hydrogens is 242 g/mol. The van der Waals surface area contributed by atoms with Crippen molar-refractivity contribution in [3.05, 3.63) is 28.8 Å². The van der Waals surface area contributed by atoms with Crippen LogP contribution in [0.3, 0.4) is 0 Å². The monoisotopic (exact) mass is 253 g/mol. The predicted molar refractivity (Wildman–Crippen MR) is 60.3 cm³/mol. The quantitative estimate of drug-likeness (QED) is 0.736. The third-order valence-electron chi connectivity index (χ3n) is 2.24. The molecular formula is C11H11NO4S. The van der Waals surface area contributed by atoms with Crippen LogP contribution < -0.4 is 0 Å². The Hall–Kier alpha value is -1.87. The minimum absolute atomic E-state index is 0.0407. The van der Waals surface area contributed by atoms with E-state index in [1.54, 1.807) is 13.0 Å². The van der Waals surface area contributed by atoms with Crippen LogP contribution in [0.25, 0.3) is 0 Å². The SMILES string of the molecule is COC(=O)c1ccc(C)c(S(C)(=O)=O)c1C#N. The van der Waals surface area contributed by atoms with Gasteiger partial charge in [0.1, 0.15) is 6.07 Å². The third kappa shape index (κ3) is 2.45. The first-order chi connectivity index (χ1) is 7.82. The molecule has 90 valence electrons. The molecule has 5 nitrogen and oxygen atoms in total. The number of carbonyl (C=O) groups is 1. The van der Waals surface area contributed by atoms with Crippen molar-refractivity contribution in [2.24, 2.45) is 0 Å². The van der Waals surface area contributed by atoms with E-state index in [1.165, 1.54) is 19.2 Å². The van der Waals surface area contributed by atoms with Crippen molar-refractivity contribution in [1.29, 1.82) is 5.26 Å². The van der Waals surface area contributed by atoms with Crippen LogP contribution in [0.4, 0.5) is 0 Å². The summed E-state index contributed by atoms with van der Waals surface area (Å²) in [5.74, 6) is -0.730. The fraction of sp³-hybridized carbons (Fsp3) is 0.273. The van der Waals surface area contributed by atoms with Crippen LogP contribution in [0.15, 0.2) is 17.0 Å². The summed E-state index contributed by atoms with van der Waals surface area (Å²) >= 11 is 0. The average Bonchev–Trinajstić information content (AvgIpc) is 2.25. The minimum Gasteiger partial charge on any atom is -0.465 e. The Morgan fingerprint density at radius 3 is 2.41 bits per heavy atom. The molecule has 6 heteroatoms. The van der Waals surface area contributed by atoms with Crippen molar-refractivity contribution >= 4 is 15.8 Å². The minimum atomic E-state index is -3.57. The van der Waals surface area contributed by atoms with E-state index in [2.05, 4.69) is 4.74 Å². The first-order valence-electron chi connectivity index (χ1n) is 4.65. The molecule has 0 heterocycles. The summed E-state index contributed by atoms with van der Waals surface area (Å²) in [6.45, 7) is 1.57. The predicted octanol–water partition coefficient (Wildman–Crippen LogP) is 1.06. The lowest BCUT2D eigenvalue weighted by Gasteiger charge is -2.09. The van der Waals surface area contributed by atoms with Crippen molar-refractivity contribution in [3.8, 4) is 6.07 Å². The second-order valence-corrected chi connectivity index (χ2v) is 5.46. The van der Waals surface area contributed by atoms with Gasteiger partial charge in [-0.05, 0) is 18.6 Å². The maximum Gasteiger partial charge on any atom is 0.339 e. The Morgan fingerprint density at radius 2 is 2.00 bits per heavy atom. The van der Waals surface area contributed by atoms with Gasteiger partial charge in [-0.1, -0.05) is 6.07 Å². The summed E-state index contributed by atoms with van der Waals surface area (Å²) in [5, 5.41) is 9.01. The molecule has 0 unspecified atom stereocenters. The molecule has 0 aromatic heterocycles. The fourth-order valence-electron chi connectivity index (χ4n) is 1.56. The number of carbonyl (C=O) groups excluding carboxylic acids is 1. The molecule has 17 heavy (non-hydrogen) atoms. The highest BCUT2D eigenvalue weighted by Gasteiger charge is 2.23. The number of ether oxygens (including phenoxy) is 1. The van der Waals surface area contributed by atoms with E-state index < -0.39 is 15.8 Å². The van der Waals surface area contributed by atoms with E-state index >= 15 is 0 Å². The Morgan fingerprint density at radius 1 is 1.41 bits per heavy atom. The number of methoxy groups -OCH3 is 1. The van der Waals surface area contributed by atoms with Crippen LogP contribution in [-0.4, -0.2) is 27.8 Å². The summed E-state index contributed by atoms with van der Waals surface area (Å²) in [6, 6.07) is 4.61. The molecule has 0 N–H and O–H groups in total. The summed E-state index contributed by atoms with van der Waals surface area (Å²) < 4.78 is 27.7. The average molecular weight is 253 g/mol. The highest BCUT2D eigenvalue weighted by Crippen LogP contribution is 2.23. The van der Waals surface area contributed by atoms with Crippen LogP contribution in [0.2, 0.25) is 0 Å². The molecule has 0 atom stereocenters. The molecule has 0 aliphatic carbocycles. The molecule has 1 rings (SSSR count). The lowest BCUT2D eigenvalue weighted by Crippen LogP contribution is -2.10. The van der Waals surface area contributed by atoms with Gasteiger partial charge >= 0.3 is 5.97 Å². The van der Waals surface area contributed by atoms with Crippen molar-refractivity contribution in [3.63, 3.8) is 0 Å². The van der Waals surface area contributed by atoms with Crippen molar-refractivity contribution in [1.82, 2.24) is 0 Å². The van der Waals surface area contributed by atoms with Crippen molar-refractivity contribution in [2.45, 2.75) is 11.8 Å². The number of hydrogen-bond donors (Lipinski definition) is 0. The van der Waals surface area contributed by atoms with E-state index in [-0.39, 0.29) is 16.0 Å². The number of sulfone groups is 1. The van der Waals surface area contributed by atoms with Crippen molar-refractivity contribution < 1.29 is 17.9 Å². The zero-order valence-electron chi connectivity index (χ0n) is 9.64. The van der Waals surface area contributed by atoms with Crippen LogP contribution >= 0.6 is 0 Å². The fourth-order valence-corrected chi connectivity index (χ4v) is 2.74. The second kappa shape index (κ2) is 4.55. The highest BCUT2D eigenvalue weighted by molar-refractivity contribution is 7.90. The van der Waals surface area contributed by atoms with Gasteiger partial charge in [-0.25, -0.2) is 13.2 Å². The number of hydrogen-bond acceptors (Lipinski definition) is 5. The maximum absolute atomic E-state index is 11.6. The largest absolute Gasteiger partial charge is 0.465 e. The lowest BCUT2D eigenvalue weighted by molar-refractivity contribution is 0.0600. The Labute approximate surface area is 99.5 Å². The highest BCUT2D eigenvalue weighted by atomic mass is 32.2. The molecule has 1 aromatic carbocycles. The topological polar surface area (TPSA) is 84.2 Å². The molecule has 0 aliphatic rings. The van der Waals surface area contributed by atoms with Crippen LogP contribution in [0.5, 0.6) is 0 Å². The summed E-state index contributed by atoms with van der Waals surface area (Å²) in [6.07, 6.45) is 0.997. The maximum atomic E-state index is 11.6. The number of nitrogens with zero attached hydrogens (tertiary/aromatic N) is 1. The van der Waals surface area contributed by atoms with Gasteiger partial charge in [0.25, 0.3) is 0 Å². The standard InChI is InChI=1S/C11H11NO4S/c1-7-4-5-8(11(13)16-2)9(6-12)10(7)17(3,14)15/h4-5H,1-3H3. The van der Waals surface area contributed by atoms with Crippen LogP contribution in [-0.2, 0) is 14.6 Å². The number of esters is 1. The van der Waals surface area contributed by atoms with E-state index in [0.717, 1.165) is 6.26 Å². The summed E-state index contributed by atoms with van der Waals surface area (Å²) in [7, 11) is -2.40.